The summed E-state index contributed by atoms with van der Waals surface area (Å²) in [4.78, 5) is 0. The van der Waals surface area contributed by atoms with Gasteiger partial charge in [-0.2, -0.15) is 5.26 Å². The fourth-order valence-electron chi connectivity index (χ4n) is 1.95. The monoisotopic (exact) mass is 181 g/mol. The highest BCUT2D eigenvalue weighted by Crippen LogP contribution is 2.26. The van der Waals surface area contributed by atoms with Crippen LogP contribution in [0.4, 0.5) is 0 Å². The first-order chi connectivity index (χ1) is 6.26. The molecule has 0 aromatic rings. The molecule has 3 unspecified atom stereocenters. The summed E-state index contributed by atoms with van der Waals surface area (Å²) in [7, 11) is 0. The van der Waals surface area contributed by atoms with Crippen LogP contribution in [0.25, 0.3) is 0 Å². The predicted molar refractivity (Wildman–Crippen MR) is 52.2 cm³/mol. The van der Waals surface area contributed by atoms with Crippen molar-refractivity contribution in [3.8, 4) is 6.07 Å². The van der Waals surface area contributed by atoms with E-state index >= 15 is 0 Å². The summed E-state index contributed by atoms with van der Waals surface area (Å²) in [6.45, 7) is 4.27. The molecule has 0 N–H and O–H groups in total. The van der Waals surface area contributed by atoms with Crippen molar-refractivity contribution in [1.29, 1.82) is 5.26 Å². The first-order valence-corrected chi connectivity index (χ1v) is 5.31. The summed E-state index contributed by atoms with van der Waals surface area (Å²) in [6.07, 6.45) is 5.82. The third kappa shape index (κ3) is 3.36. The second-order valence-electron chi connectivity index (χ2n) is 4.06. The van der Waals surface area contributed by atoms with Crippen molar-refractivity contribution in [3.05, 3.63) is 0 Å². The molecule has 0 aromatic heterocycles. The van der Waals surface area contributed by atoms with Gasteiger partial charge >= 0.3 is 0 Å². The molecule has 1 aliphatic carbocycles. The maximum atomic E-state index is 8.75. The van der Waals surface area contributed by atoms with Crippen LogP contribution in [0.2, 0.25) is 0 Å². The Bertz CT molecular complexity index is 185. The highest BCUT2D eigenvalue weighted by atomic mass is 16.5. The molecule has 1 fully saturated rings. The number of nitrogens with zero attached hydrogens (tertiary/aromatic N) is 1. The van der Waals surface area contributed by atoms with Crippen LogP contribution in [0, 0.1) is 17.2 Å². The first-order valence-electron chi connectivity index (χ1n) is 5.31. The van der Waals surface area contributed by atoms with Crippen molar-refractivity contribution < 1.29 is 4.74 Å². The molecule has 1 rings (SSSR count). The minimum absolute atomic E-state index is 0.185. The van der Waals surface area contributed by atoms with Gasteiger partial charge in [0.25, 0.3) is 0 Å². The molecule has 0 bridgehead atoms. The summed E-state index contributed by atoms with van der Waals surface area (Å²) in [5.74, 6) is 0.773. The van der Waals surface area contributed by atoms with Crippen LogP contribution in [0.1, 0.15) is 46.0 Å². The Morgan fingerprint density at radius 3 is 2.85 bits per heavy atom. The average Bonchev–Trinajstić information content (AvgIpc) is 2.14. The van der Waals surface area contributed by atoms with Crippen molar-refractivity contribution in [1.82, 2.24) is 0 Å². The number of hydrogen-bond donors (Lipinski definition) is 0. The quantitative estimate of drug-likeness (QED) is 0.670. The van der Waals surface area contributed by atoms with Crippen LogP contribution in [-0.4, -0.2) is 12.2 Å². The van der Waals surface area contributed by atoms with Gasteiger partial charge in [-0.3, -0.25) is 0 Å². The summed E-state index contributed by atoms with van der Waals surface area (Å²) < 4.78 is 5.70. The van der Waals surface area contributed by atoms with Crippen molar-refractivity contribution >= 4 is 0 Å². The van der Waals surface area contributed by atoms with Gasteiger partial charge in [0.15, 0.2) is 0 Å². The molecule has 2 heteroatoms. The lowest BCUT2D eigenvalue weighted by Gasteiger charge is -2.28. The molecule has 0 amide bonds. The van der Waals surface area contributed by atoms with Gasteiger partial charge in [-0.05, 0) is 25.2 Å². The van der Waals surface area contributed by atoms with E-state index in [1.807, 2.05) is 6.92 Å². The minimum atomic E-state index is -0.185. The van der Waals surface area contributed by atoms with Gasteiger partial charge in [0, 0.05) is 0 Å². The third-order valence-corrected chi connectivity index (χ3v) is 2.76. The van der Waals surface area contributed by atoms with Gasteiger partial charge in [-0.1, -0.05) is 26.7 Å². The zero-order chi connectivity index (χ0) is 9.68. The van der Waals surface area contributed by atoms with Crippen LogP contribution >= 0.6 is 0 Å². The molecule has 1 aliphatic rings. The normalized spacial score (nSPS) is 30.8. The van der Waals surface area contributed by atoms with Crippen LogP contribution in [0.15, 0.2) is 0 Å². The van der Waals surface area contributed by atoms with E-state index in [0.29, 0.717) is 6.10 Å². The summed E-state index contributed by atoms with van der Waals surface area (Å²) in [6, 6.07) is 2.19. The summed E-state index contributed by atoms with van der Waals surface area (Å²) in [5, 5.41) is 8.75. The number of rotatable bonds is 3. The second kappa shape index (κ2) is 5.24. The summed E-state index contributed by atoms with van der Waals surface area (Å²) >= 11 is 0. The highest BCUT2D eigenvalue weighted by molar-refractivity contribution is 4.84. The average molecular weight is 181 g/mol. The lowest BCUT2D eigenvalue weighted by molar-refractivity contribution is -0.0153. The van der Waals surface area contributed by atoms with Crippen LogP contribution in [0.3, 0.4) is 0 Å². The Labute approximate surface area is 80.9 Å². The van der Waals surface area contributed by atoms with Crippen LogP contribution in [0.5, 0.6) is 0 Å². The molecular weight excluding hydrogens is 162 g/mol. The van der Waals surface area contributed by atoms with Crippen molar-refractivity contribution in [3.63, 3.8) is 0 Å². The molecule has 0 aliphatic heterocycles. The molecule has 3 atom stereocenters. The van der Waals surface area contributed by atoms with Crippen molar-refractivity contribution in [2.75, 3.05) is 0 Å². The Morgan fingerprint density at radius 2 is 2.31 bits per heavy atom. The second-order valence-corrected chi connectivity index (χ2v) is 4.06. The van der Waals surface area contributed by atoms with Crippen molar-refractivity contribution in [2.24, 2.45) is 5.92 Å². The standard InChI is InChI=1S/C11H19NO/c1-3-10(8-12)13-11-6-4-5-9(2)7-11/h9-11H,3-7H2,1-2H3. The predicted octanol–water partition coefficient (Wildman–Crippen LogP) is 2.88. The molecule has 0 aromatic carbocycles. The van der Waals surface area contributed by atoms with Gasteiger partial charge in [-0.15, -0.1) is 0 Å². The number of ether oxygens (including phenoxy) is 1. The lowest BCUT2D eigenvalue weighted by atomic mass is 9.88. The summed E-state index contributed by atoms with van der Waals surface area (Å²) in [5.41, 5.74) is 0. The Kier molecular flexibility index (Phi) is 4.24. The van der Waals surface area contributed by atoms with E-state index in [1.165, 1.54) is 12.8 Å². The third-order valence-electron chi connectivity index (χ3n) is 2.76. The van der Waals surface area contributed by atoms with Crippen LogP contribution < -0.4 is 0 Å². The van der Waals surface area contributed by atoms with Gasteiger partial charge in [-0.25, -0.2) is 0 Å². The molecule has 13 heavy (non-hydrogen) atoms. The van der Waals surface area contributed by atoms with E-state index in [-0.39, 0.29) is 6.10 Å². The highest BCUT2D eigenvalue weighted by Gasteiger charge is 2.21. The fraction of sp³-hybridized carbons (Fsp3) is 0.909. The Hall–Kier alpha value is -0.550. The van der Waals surface area contributed by atoms with E-state index < -0.39 is 0 Å². The maximum Gasteiger partial charge on any atom is 0.144 e. The van der Waals surface area contributed by atoms with Gasteiger partial charge < -0.3 is 4.74 Å². The lowest BCUT2D eigenvalue weighted by Crippen LogP contribution is -2.25. The van der Waals surface area contributed by atoms with Gasteiger partial charge in [0.1, 0.15) is 6.10 Å². The Morgan fingerprint density at radius 1 is 1.54 bits per heavy atom. The molecule has 2 nitrogen and oxygen atoms in total. The Balaban J connectivity index is 2.31. The fourth-order valence-corrected chi connectivity index (χ4v) is 1.95. The minimum Gasteiger partial charge on any atom is -0.360 e. The van der Waals surface area contributed by atoms with E-state index in [2.05, 4.69) is 13.0 Å². The zero-order valence-electron chi connectivity index (χ0n) is 8.62. The van der Waals surface area contributed by atoms with E-state index in [9.17, 15) is 0 Å². The first kappa shape index (κ1) is 10.5. The van der Waals surface area contributed by atoms with Crippen LogP contribution in [-0.2, 0) is 4.74 Å². The molecule has 1 saturated carbocycles. The van der Waals surface area contributed by atoms with Crippen molar-refractivity contribution in [2.45, 2.75) is 58.2 Å². The van der Waals surface area contributed by atoms with E-state index in [4.69, 9.17) is 10.00 Å². The number of hydrogen-bond acceptors (Lipinski definition) is 2. The van der Waals surface area contributed by atoms with Gasteiger partial charge in [0.05, 0.1) is 12.2 Å². The molecule has 0 radical (unpaired) electrons. The SMILES string of the molecule is CCC(C#N)OC1CCCC(C)C1. The largest absolute Gasteiger partial charge is 0.360 e. The molecule has 74 valence electrons. The van der Waals surface area contributed by atoms with E-state index in [0.717, 1.165) is 25.2 Å². The molecule has 0 heterocycles. The van der Waals surface area contributed by atoms with Gasteiger partial charge in [0.2, 0.25) is 0 Å². The smallest absolute Gasteiger partial charge is 0.144 e. The topological polar surface area (TPSA) is 33.0 Å². The van der Waals surface area contributed by atoms with E-state index in [1.54, 1.807) is 0 Å². The maximum absolute atomic E-state index is 8.75. The molecular formula is C11H19NO. The zero-order valence-corrected chi connectivity index (χ0v) is 8.62. The molecule has 0 spiro atoms. The number of nitriles is 1. The molecule has 0 saturated heterocycles.